The van der Waals surface area contributed by atoms with Crippen molar-refractivity contribution < 1.29 is 17.9 Å². The summed E-state index contributed by atoms with van der Waals surface area (Å²) < 4.78 is 37.3. The van der Waals surface area contributed by atoms with Gasteiger partial charge in [-0.15, -0.1) is 0 Å². The molecule has 122 valence electrons. The fourth-order valence-corrected chi connectivity index (χ4v) is 3.80. The second-order valence-corrected chi connectivity index (χ2v) is 6.89. The second-order valence-electron chi connectivity index (χ2n) is 4.95. The van der Waals surface area contributed by atoms with Crippen LogP contribution in [0.25, 0.3) is 0 Å². The Morgan fingerprint density at radius 3 is 2.70 bits per heavy atom. The van der Waals surface area contributed by atoms with Crippen molar-refractivity contribution >= 4 is 10.0 Å². The van der Waals surface area contributed by atoms with E-state index in [0.29, 0.717) is 13.0 Å². The van der Waals surface area contributed by atoms with Gasteiger partial charge in [0, 0.05) is 31.3 Å². The molecule has 0 amide bonds. The smallest absolute Gasteiger partial charge is 0.278 e. The van der Waals surface area contributed by atoms with E-state index in [1.165, 1.54) is 42.3 Å². The molecule has 3 rings (SSSR count). The zero-order valence-electron chi connectivity index (χ0n) is 12.5. The van der Waals surface area contributed by atoms with Gasteiger partial charge in [-0.2, -0.15) is 4.31 Å². The van der Waals surface area contributed by atoms with Crippen molar-refractivity contribution in [3.8, 4) is 11.8 Å². The van der Waals surface area contributed by atoms with E-state index in [-0.39, 0.29) is 29.3 Å². The standard InChI is InChI=1S/C14H16N4O4S/c1-21-13-14(17-7-6-16-13)22-11-4-8-18(10-11)23(19,20)12-3-2-5-15-9-12/h2-3,5-7,9,11H,4,8,10H2,1H3. The van der Waals surface area contributed by atoms with Gasteiger partial charge in [0.25, 0.3) is 11.8 Å². The van der Waals surface area contributed by atoms with Crippen LogP contribution in [0.4, 0.5) is 0 Å². The van der Waals surface area contributed by atoms with Crippen molar-refractivity contribution in [2.45, 2.75) is 17.4 Å². The average molecular weight is 336 g/mol. The van der Waals surface area contributed by atoms with Crippen LogP contribution in [0.3, 0.4) is 0 Å². The zero-order valence-corrected chi connectivity index (χ0v) is 13.3. The van der Waals surface area contributed by atoms with Gasteiger partial charge in [0.15, 0.2) is 0 Å². The van der Waals surface area contributed by atoms with Crippen LogP contribution in [0.1, 0.15) is 6.42 Å². The van der Waals surface area contributed by atoms with Crippen LogP contribution in [0, 0.1) is 0 Å². The van der Waals surface area contributed by atoms with E-state index in [1.807, 2.05) is 0 Å². The van der Waals surface area contributed by atoms with Crippen LogP contribution in [-0.4, -0.2) is 54.0 Å². The predicted molar refractivity (Wildman–Crippen MR) is 80.6 cm³/mol. The molecule has 2 aromatic heterocycles. The van der Waals surface area contributed by atoms with Crippen LogP contribution in [0.15, 0.2) is 41.8 Å². The lowest BCUT2D eigenvalue weighted by Crippen LogP contribution is -2.31. The Hall–Kier alpha value is -2.26. The molecule has 0 saturated carbocycles. The molecule has 0 bridgehead atoms. The van der Waals surface area contributed by atoms with E-state index < -0.39 is 10.0 Å². The van der Waals surface area contributed by atoms with E-state index in [2.05, 4.69) is 15.0 Å². The van der Waals surface area contributed by atoms with E-state index in [0.717, 1.165) is 0 Å². The summed E-state index contributed by atoms with van der Waals surface area (Å²) in [4.78, 5) is 12.1. The molecule has 0 radical (unpaired) electrons. The second kappa shape index (κ2) is 6.47. The average Bonchev–Trinajstić information content (AvgIpc) is 3.05. The van der Waals surface area contributed by atoms with Crippen molar-refractivity contribution in [2.24, 2.45) is 0 Å². The maximum Gasteiger partial charge on any atom is 0.278 e. The Bertz CT molecular complexity index is 769. The highest BCUT2D eigenvalue weighted by Crippen LogP contribution is 2.26. The summed E-state index contributed by atoms with van der Waals surface area (Å²) in [6, 6.07) is 3.13. The Morgan fingerprint density at radius 2 is 2.00 bits per heavy atom. The number of hydrogen-bond acceptors (Lipinski definition) is 7. The van der Waals surface area contributed by atoms with Crippen molar-refractivity contribution in [3.05, 3.63) is 36.9 Å². The van der Waals surface area contributed by atoms with Gasteiger partial charge in [-0.05, 0) is 18.6 Å². The molecule has 0 aliphatic carbocycles. The predicted octanol–water partition coefficient (Wildman–Crippen LogP) is 0.722. The summed E-state index contributed by atoms with van der Waals surface area (Å²) in [6.45, 7) is 0.626. The molecule has 1 aliphatic heterocycles. The number of aromatic nitrogens is 3. The first kappa shape index (κ1) is 15.6. The fraction of sp³-hybridized carbons (Fsp3) is 0.357. The van der Waals surface area contributed by atoms with Crippen molar-refractivity contribution in [2.75, 3.05) is 20.2 Å². The maximum atomic E-state index is 12.5. The number of sulfonamides is 1. The quantitative estimate of drug-likeness (QED) is 0.794. The number of nitrogens with zero attached hydrogens (tertiary/aromatic N) is 4. The van der Waals surface area contributed by atoms with Gasteiger partial charge in [0.05, 0.1) is 13.7 Å². The first-order chi connectivity index (χ1) is 11.1. The largest absolute Gasteiger partial charge is 0.477 e. The Kier molecular flexibility index (Phi) is 4.39. The first-order valence-electron chi connectivity index (χ1n) is 7.03. The van der Waals surface area contributed by atoms with Gasteiger partial charge in [-0.1, -0.05) is 0 Å². The number of rotatable bonds is 5. The summed E-state index contributed by atoms with van der Waals surface area (Å²) in [5.74, 6) is 0.543. The third kappa shape index (κ3) is 3.25. The van der Waals surface area contributed by atoms with Crippen molar-refractivity contribution in [3.63, 3.8) is 0 Å². The Morgan fingerprint density at radius 1 is 1.22 bits per heavy atom. The van der Waals surface area contributed by atoms with Gasteiger partial charge in [0.2, 0.25) is 10.0 Å². The van der Waals surface area contributed by atoms with Gasteiger partial charge in [-0.25, -0.2) is 18.4 Å². The zero-order chi connectivity index (χ0) is 16.3. The van der Waals surface area contributed by atoms with E-state index >= 15 is 0 Å². The number of hydrogen-bond donors (Lipinski definition) is 0. The minimum absolute atomic E-state index is 0.178. The van der Waals surface area contributed by atoms with Gasteiger partial charge < -0.3 is 9.47 Å². The summed E-state index contributed by atoms with van der Waals surface area (Å²) in [7, 11) is -2.08. The summed E-state index contributed by atoms with van der Waals surface area (Å²) in [6.07, 6.45) is 6.15. The SMILES string of the molecule is COc1nccnc1OC1CCN(S(=O)(=O)c2cccnc2)C1. The normalized spacial score (nSPS) is 18.7. The molecule has 0 spiro atoms. The molecule has 1 fully saturated rings. The third-order valence-corrected chi connectivity index (χ3v) is 5.33. The van der Waals surface area contributed by atoms with Crippen molar-refractivity contribution in [1.82, 2.24) is 19.3 Å². The molecule has 2 aromatic rings. The highest BCUT2D eigenvalue weighted by molar-refractivity contribution is 7.89. The van der Waals surface area contributed by atoms with Crippen LogP contribution < -0.4 is 9.47 Å². The molecule has 1 atom stereocenters. The minimum Gasteiger partial charge on any atom is -0.477 e. The molecular weight excluding hydrogens is 320 g/mol. The molecule has 1 saturated heterocycles. The number of ether oxygens (including phenoxy) is 2. The molecular formula is C14H16N4O4S. The fourth-order valence-electron chi connectivity index (χ4n) is 2.35. The van der Waals surface area contributed by atoms with Crippen LogP contribution >= 0.6 is 0 Å². The third-order valence-electron chi connectivity index (χ3n) is 3.48. The van der Waals surface area contributed by atoms with E-state index in [9.17, 15) is 8.42 Å². The molecule has 3 heterocycles. The van der Waals surface area contributed by atoms with Gasteiger partial charge >= 0.3 is 0 Å². The molecule has 1 aliphatic rings. The molecule has 1 unspecified atom stereocenters. The Labute approximate surface area is 134 Å². The number of methoxy groups -OCH3 is 1. The van der Waals surface area contributed by atoms with Gasteiger partial charge in [-0.3, -0.25) is 4.98 Å². The van der Waals surface area contributed by atoms with E-state index in [4.69, 9.17) is 9.47 Å². The van der Waals surface area contributed by atoms with E-state index in [1.54, 1.807) is 6.07 Å². The topological polar surface area (TPSA) is 94.5 Å². The van der Waals surface area contributed by atoms with Gasteiger partial charge in [0.1, 0.15) is 11.0 Å². The maximum absolute atomic E-state index is 12.5. The molecule has 23 heavy (non-hydrogen) atoms. The number of pyridine rings is 1. The molecule has 0 N–H and O–H groups in total. The highest BCUT2D eigenvalue weighted by Gasteiger charge is 2.34. The molecule has 0 aromatic carbocycles. The lowest BCUT2D eigenvalue weighted by Gasteiger charge is -2.17. The summed E-state index contributed by atoms with van der Waals surface area (Å²) >= 11 is 0. The van der Waals surface area contributed by atoms with Crippen LogP contribution in [0.5, 0.6) is 11.8 Å². The first-order valence-corrected chi connectivity index (χ1v) is 8.47. The lowest BCUT2D eigenvalue weighted by atomic mass is 10.3. The molecule has 8 nitrogen and oxygen atoms in total. The molecule has 9 heteroatoms. The lowest BCUT2D eigenvalue weighted by molar-refractivity contribution is 0.194. The Balaban J connectivity index is 1.72. The monoisotopic (exact) mass is 336 g/mol. The van der Waals surface area contributed by atoms with Crippen molar-refractivity contribution in [1.29, 1.82) is 0 Å². The van der Waals surface area contributed by atoms with Crippen LogP contribution in [-0.2, 0) is 10.0 Å². The summed E-state index contributed by atoms with van der Waals surface area (Å²) in [5, 5.41) is 0. The van der Waals surface area contributed by atoms with Crippen LogP contribution in [0.2, 0.25) is 0 Å². The highest BCUT2D eigenvalue weighted by atomic mass is 32.2. The minimum atomic E-state index is -3.56. The summed E-state index contributed by atoms with van der Waals surface area (Å²) in [5.41, 5.74) is 0.